The van der Waals surface area contributed by atoms with Crippen LogP contribution in [-0.2, 0) is 16.4 Å². The molecule has 2 rings (SSSR count). The molecule has 1 heterocycles. The van der Waals surface area contributed by atoms with Crippen molar-refractivity contribution in [2.75, 3.05) is 4.72 Å². The summed E-state index contributed by atoms with van der Waals surface area (Å²) < 4.78 is 27.0. The number of anilines is 1. The SMILES string of the molecule is CCCCc1ccc(NS(=O)(=O)c2cccs2)cc1. The van der Waals surface area contributed by atoms with E-state index in [1.165, 1.54) is 16.9 Å². The maximum Gasteiger partial charge on any atom is 0.271 e. The lowest BCUT2D eigenvalue weighted by molar-refractivity contribution is 0.603. The van der Waals surface area contributed by atoms with Gasteiger partial charge in [-0.2, -0.15) is 0 Å². The highest BCUT2D eigenvalue weighted by atomic mass is 32.2. The summed E-state index contributed by atoms with van der Waals surface area (Å²) in [4.78, 5) is 0. The molecule has 3 nitrogen and oxygen atoms in total. The largest absolute Gasteiger partial charge is 0.279 e. The number of sulfonamides is 1. The molecule has 102 valence electrons. The van der Waals surface area contributed by atoms with Gasteiger partial charge in [0.2, 0.25) is 0 Å². The van der Waals surface area contributed by atoms with E-state index in [9.17, 15) is 8.42 Å². The van der Waals surface area contributed by atoms with Crippen LogP contribution in [0, 0.1) is 0 Å². The molecular formula is C14H17NO2S2. The van der Waals surface area contributed by atoms with Gasteiger partial charge in [-0.25, -0.2) is 8.42 Å². The lowest BCUT2D eigenvalue weighted by Crippen LogP contribution is -2.11. The Morgan fingerprint density at radius 3 is 2.47 bits per heavy atom. The minimum absolute atomic E-state index is 0.336. The molecule has 0 bridgehead atoms. The van der Waals surface area contributed by atoms with Gasteiger partial charge < -0.3 is 0 Å². The first-order valence-corrected chi connectivity index (χ1v) is 8.63. The van der Waals surface area contributed by atoms with Crippen LogP contribution in [0.15, 0.2) is 46.0 Å². The summed E-state index contributed by atoms with van der Waals surface area (Å²) in [5.41, 5.74) is 1.84. The third-order valence-corrected chi connectivity index (χ3v) is 5.56. The number of hydrogen-bond acceptors (Lipinski definition) is 3. The Bertz CT molecular complexity index is 601. The molecule has 0 unspecified atom stereocenters. The fourth-order valence-electron chi connectivity index (χ4n) is 1.74. The van der Waals surface area contributed by atoms with Crippen LogP contribution in [0.1, 0.15) is 25.3 Å². The number of aryl methyl sites for hydroxylation is 1. The molecule has 19 heavy (non-hydrogen) atoms. The Balaban J connectivity index is 2.07. The molecule has 1 aromatic carbocycles. The zero-order valence-electron chi connectivity index (χ0n) is 10.8. The summed E-state index contributed by atoms with van der Waals surface area (Å²) >= 11 is 1.21. The van der Waals surface area contributed by atoms with E-state index in [0.29, 0.717) is 9.90 Å². The Hall–Kier alpha value is -1.33. The van der Waals surface area contributed by atoms with E-state index in [0.717, 1.165) is 19.3 Å². The summed E-state index contributed by atoms with van der Waals surface area (Å²) in [6.45, 7) is 2.16. The summed E-state index contributed by atoms with van der Waals surface area (Å²) in [7, 11) is -3.43. The second-order valence-electron chi connectivity index (χ2n) is 4.34. The summed E-state index contributed by atoms with van der Waals surface area (Å²) in [6, 6.07) is 10.9. The zero-order chi connectivity index (χ0) is 13.7. The van der Waals surface area contributed by atoms with E-state index in [4.69, 9.17) is 0 Å². The minimum Gasteiger partial charge on any atom is -0.279 e. The zero-order valence-corrected chi connectivity index (χ0v) is 12.4. The van der Waals surface area contributed by atoms with Gasteiger partial charge in [0.15, 0.2) is 0 Å². The highest BCUT2D eigenvalue weighted by Crippen LogP contribution is 2.20. The molecular weight excluding hydrogens is 278 g/mol. The molecule has 0 saturated heterocycles. The first-order valence-electron chi connectivity index (χ1n) is 6.27. The maximum atomic E-state index is 12.0. The second kappa shape index (κ2) is 6.21. The van der Waals surface area contributed by atoms with Gasteiger partial charge in [-0.3, -0.25) is 4.72 Å². The van der Waals surface area contributed by atoms with Crippen LogP contribution in [0.25, 0.3) is 0 Å². The number of hydrogen-bond donors (Lipinski definition) is 1. The average molecular weight is 295 g/mol. The molecule has 0 radical (unpaired) electrons. The van der Waals surface area contributed by atoms with Crippen molar-refractivity contribution in [3.8, 4) is 0 Å². The normalized spacial score (nSPS) is 11.4. The predicted molar refractivity (Wildman–Crippen MR) is 80.2 cm³/mol. The van der Waals surface area contributed by atoms with Gasteiger partial charge in [-0.1, -0.05) is 31.5 Å². The third-order valence-electron chi connectivity index (χ3n) is 2.79. The van der Waals surface area contributed by atoms with Crippen LogP contribution in [0.4, 0.5) is 5.69 Å². The number of rotatable bonds is 6. The van der Waals surface area contributed by atoms with Crippen LogP contribution in [0.5, 0.6) is 0 Å². The van der Waals surface area contributed by atoms with Crippen molar-refractivity contribution in [3.05, 3.63) is 47.3 Å². The van der Waals surface area contributed by atoms with Crippen LogP contribution in [-0.4, -0.2) is 8.42 Å². The summed E-state index contributed by atoms with van der Waals surface area (Å²) in [6.07, 6.45) is 3.35. The van der Waals surface area contributed by atoms with Gasteiger partial charge >= 0.3 is 0 Å². The average Bonchev–Trinajstić information content (AvgIpc) is 2.92. The van der Waals surface area contributed by atoms with Crippen molar-refractivity contribution in [1.29, 1.82) is 0 Å². The van der Waals surface area contributed by atoms with Crippen molar-refractivity contribution < 1.29 is 8.42 Å². The fourth-order valence-corrected chi connectivity index (χ4v) is 3.79. The van der Waals surface area contributed by atoms with Crippen LogP contribution in [0.2, 0.25) is 0 Å². The van der Waals surface area contributed by atoms with Crippen LogP contribution < -0.4 is 4.72 Å². The lowest BCUT2D eigenvalue weighted by atomic mass is 10.1. The van der Waals surface area contributed by atoms with Gasteiger partial charge in [-0.15, -0.1) is 11.3 Å². The number of nitrogens with one attached hydrogen (secondary N) is 1. The fraction of sp³-hybridized carbons (Fsp3) is 0.286. The van der Waals surface area contributed by atoms with Gasteiger partial charge in [0, 0.05) is 5.69 Å². The standard InChI is InChI=1S/C14H17NO2S2/c1-2-3-5-12-7-9-13(10-8-12)15-19(16,17)14-6-4-11-18-14/h4,6-11,15H,2-3,5H2,1H3. The smallest absolute Gasteiger partial charge is 0.271 e. The molecule has 1 aromatic heterocycles. The summed E-state index contributed by atoms with van der Waals surface area (Å²) in [5, 5.41) is 1.75. The highest BCUT2D eigenvalue weighted by molar-refractivity contribution is 7.94. The molecule has 5 heteroatoms. The van der Waals surface area contributed by atoms with Crippen molar-refractivity contribution in [3.63, 3.8) is 0 Å². The molecule has 0 spiro atoms. The van der Waals surface area contributed by atoms with E-state index < -0.39 is 10.0 Å². The first kappa shape index (κ1) is 14.1. The Morgan fingerprint density at radius 2 is 1.89 bits per heavy atom. The monoisotopic (exact) mass is 295 g/mol. The molecule has 0 fully saturated rings. The second-order valence-corrected chi connectivity index (χ2v) is 7.19. The van der Waals surface area contributed by atoms with E-state index in [1.807, 2.05) is 24.3 Å². The molecule has 2 aromatic rings. The maximum absolute atomic E-state index is 12.0. The number of thiophene rings is 1. The van der Waals surface area contributed by atoms with Crippen molar-refractivity contribution in [2.45, 2.75) is 30.4 Å². The summed E-state index contributed by atoms with van der Waals surface area (Å²) in [5.74, 6) is 0. The molecule has 0 saturated carbocycles. The molecule has 0 atom stereocenters. The number of benzene rings is 1. The minimum atomic E-state index is -3.43. The van der Waals surface area contributed by atoms with Gasteiger partial charge in [-0.05, 0) is 42.0 Å². The molecule has 0 aliphatic rings. The Kier molecular flexibility index (Phi) is 4.61. The topological polar surface area (TPSA) is 46.2 Å². The van der Waals surface area contributed by atoms with E-state index >= 15 is 0 Å². The quantitative estimate of drug-likeness (QED) is 0.878. The van der Waals surface area contributed by atoms with E-state index in [-0.39, 0.29) is 0 Å². The first-order chi connectivity index (χ1) is 9.12. The predicted octanol–water partition coefficient (Wildman–Crippen LogP) is 3.89. The number of unbranched alkanes of at least 4 members (excludes halogenated alkanes) is 1. The Morgan fingerprint density at radius 1 is 1.16 bits per heavy atom. The van der Waals surface area contributed by atoms with Crippen molar-refractivity contribution >= 4 is 27.0 Å². The van der Waals surface area contributed by atoms with E-state index in [1.54, 1.807) is 17.5 Å². The van der Waals surface area contributed by atoms with Gasteiger partial charge in [0.25, 0.3) is 10.0 Å². The Labute approximate surface area is 118 Å². The van der Waals surface area contributed by atoms with E-state index in [2.05, 4.69) is 11.6 Å². The van der Waals surface area contributed by atoms with Gasteiger partial charge in [0.05, 0.1) is 0 Å². The van der Waals surface area contributed by atoms with Crippen LogP contribution in [0.3, 0.4) is 0 Å². The lowest BCUT2D eigenvalue weighted by Gasteiger charge is -2.07. The molecule has 0 amide bonds. The molecule has 0 aliphatic heterocycles. The van der Waals surface area contributed by atoms with Crippen LogP contribution >= 0.6 is 11.3 Å². The highest BCUT2D eigenvalue weighted by Gasteiger charge is 2.14. The molecule has 1 N–H and O–H groups in total. The van der Waals surface area contributed by atoms with Crippen molar-refractivity contribution in [2.24, 2.45) is 0 Å². The molecule has 0 aliphatic carbocycles. The third kappa shape index (κ3) is 3.81. The van der Waals surface area contributed by atoms with Crippen molar-refractivity contribution in [1.82, 2.24) is 0 Å². The van der Waals surface area contributed by atoms with Gasteiger partial charge in [0.1, 0.15) is 4.21 Å².